The summed E-state index contributed by atoms with van der Waals surface area (Å²) in [5, 5.41) is 15.3. The monoisotopic (exact) mass is 298 g/mol. The summed E-state index contributed by atoms with van der Waals surface area (Å²) >= 11 is 1.71. The van der Waals surface area contributed by atoms with E-state index < -0.39 is 0 Å². The normalized spacial score (nSPS) is 12.5. The fourth-order valence-corrected chi connectivity index (χ4v) is 3.16. The van der Waals surface area contributed by atoms with E-state index in [4.69, 9.17) is 0 Å². The molecule has 0 aliphatic heterocycles. The lowest BCUT2D eigenvalue weighted by Crippen LogP contribution is -2.08. The van der Waals surface area contributed by atoms with Crippen molar-refractivity contribution in [1.29, 1.82) is 0 Å². The number of pyridine rings is 1. The molecular formula is C17H18N2OS. The quantitative estimate of drug-likeness (QED) is 0.683. The molecule has 0 spiro atoms. The maximum absolute atomic E-state index is 9.73. The fourth-order valence-electron chi connectivity index (χ4n) is 2.37. The Balaban J connectivity index is 1.88. The third kappa shape index (κ3) is 2.72. The molecule has 3 rings (SSSR count). The van der Waals surface area contributed by atoms with E-state index in [0.717, 1.165) is 27.9 Å². The highest BCUT2D eigenvalue weighted by molar-refractivity contribution is 7.17. The third-order valence-electron chi connectivity index (χ3n) is 3.74. The summed E-state index contributed by atoms with van der Waals surface area (Å²) in [6, 6.07) is 8.16. The van der Waals surface area contributed by atoms with Crippen molar-refractivity contribution in [1.82, 2.24) is 4.98 Å². The van der Waals surface area contributed by atoms with E-state index in [9.17, 15) is 5.11 Å². The molecular weight excluding hydrogens is 280 g/mol. The van der Waals surface area contributed by atoms with E-state index in [-0.39, 0.29) is 6.04 Å². The second-order valence-corrected chi connectivity index (χ2v) is 6.34. The molecule has 0 saturated heterocycles. The first-order valence-electron chi connectivity index (χ1n) is 6.94. The molecule has 0 bridgehead atoms. The van der Waals surface area contributed by atoms with Crippen LogP contribution in [0.3, 0.4) is 0 Å². The molecule has 108 valence electrons. The first-order valence-corrected chi connectivity index (χ1v) is 7.82. The lowest BCUT2D eigenvalue weighted by molar-refractivity contribution is 0.470. The molecule has 0 aliphatic carbocycles. The molecule has 2 N–H and O–H groups in total. The largest absolute Gasteiger partial charge is 0.508 e. The van der Waals surface area contributed by atoms with Gasteiger partial charge in [-0.2, -0.15) is 0 Å². The molecule has 2 aromatic heterocycles. The Morgan fingerprint density at radius 2 is 2.00 bits per heavy atom. The highest BCUT2D eigenvalue weighted by Crippen LogP contribution is 2.29. The summed E-state index contributed by atoms with van der Waals surface area (Å²) in [5.74, 6) is 0.340. The first kappa shape index (κ1) is 13.9. The average molecular weight is 298 g/mol. The molecule has 0 aliphatic rings. The number of thiophene rings is 1. The van der Waals surface area contributed by atoms with Gasteiger partial charge in [-0.05, 0) is 67.1 Å². The average Bonchev–Trinajstić information content (AvgIpc) is 2.92. The Labute approximate surface area is 128 Å². The van der Waals surface area contributed by atoms with Crippen LogP contribution in [0, 0.1) is 13.8 Å². The van der Waals surface area contributed by atoms with Gasteiger partial charge in [-0.3, -0.25) is 4.98 Å². The predicted molar refractivity (Wildman–Crippen MR) is 89.2 cm³/mol. The number of hydrogen-bond acceptors (Lipinski definition) is 4. The molecule has 1 atom stereocenters. The molecule has 4 heteroatoms. The molecule has 3 nitrogen and oxygen atoms in total. The molecule has 21 heavy (non-hydrogen) atoms. The predicted octanol–water partition coefficient (Wildman–Crippen LogP) is 4.79. The molecule has 0 fully saturated rings. The highest BCUT2D eigenvalue weighted by Gasteiger charge is 2.10. The van der Waals surface area contributed by atoms with Crippen LogP contribution < -0.4 is 5.32 Å². The van der Waals surface area contributed by atoms with Crippen molar-refractivity contribution in [2.75, 3.05) is 5.32 Å². The number of anilines is 1. The molecule has 3 aromatic rings. The molecule has 0 amide bonds. The number of aryl methyl sites for hydroxylation is 2. The minimum atomic E-state index is 0.159. The second kappa shape index (κ2) is 5.37. The van der Waals surface area contributed by atoms with Crippen molar-refractivity contribution >= 4 is 27.2 Å². The van der Waals surface area contributed by atoms with Crippen molar-refractivity contribution < 1.29 is 5.11 Å². The number of aromatic nitrogens is 1. The standard InChI is InChI=1S/C17H18N2OS/c1-10-7-16(20)11(2)6-15(10)19-12(3)13-8-17-14(18-9-13)4-5-21-17/h4-9,12,19-20H,1-3H3. The van der Waals surface area contributed by atoms with Crippen LogP contribution in [-0.2, 0) is 0 Å². The van der Waals surface area contributed by atoms with E-state index in [0.29, 0.717) is 5.75 Å². The molecule has 0 radical (unpaired) electrons. The van der Waals surface area contributed by atoms with E-state index in [1.54, 1.807) is 17.4 Å². The number of hydrogen-bond donors (Lipinski definition) is 2. The van der Waals surface area contributed by atoms with Crippen molar-refractivity contribution in [3.05, 3.63) is 52.5 Å². The van der Waals surface area contributed by atoms with Gasteiger partial charge >= 0.3 is 0 Å². The van der Waals surface area contributed by atoms with Gasteiger partial charge in [0.2, 0.25) is 0 Å². The van der Waals surface area contributed by atoms with Crippen LogP contribution in [0.2, 0.25) is 0 Å². The van der Waals surface area contributed by atoms with Gasteiger partial charge in [0.25, 0.3) is 0 Å². The molecule has 1 unspecified atom stereocenters. The van der Waals surface area contributed by atoms with Crippen LogP contribution >= 0.6 is 11.3 Å². The smallest absolute Gasteiger partial charge is 0.118 e. The van der Waals surface area contributed by atoms with Gasteiger partial charge < -0.3 is 10.4 Å². The van der Waals surface area contributed by atoms with Crippen LogP contribution in [0.1, 0.15) is 29.7 Å². The zero-order valence-corrected chi connectivity index (χ0v) is 13.2. The van der Waals surface area contributed by atoms with Gasteiger partial charge in [-0.15, -0.1) is 11.3 Å². The van der Waals surface area contributed by atoms with E-state index in [2.05, 4.69) is 28.7 Å². The summed E-state index contributed by atoms with van der Waals surface area (Å²) in [7, 11) is 0. The van der Waals surface area contributed by atoms with Crippen molar-refractivity contribution in [2.45, 2.75) is 26.8 Å². The van der Waals surface area contributed by atoms with Crippen LogP contribution in [0.4, 0.5) is 5.69 Å². The Kier molecular flexibility index (Phi) is 3.55. The van der Waals surface area contributed by atoms with Crippen molar-refractivity contribution in [2.24, 2.45) is 0 Å². The summed E-state index contributed by atoms with van der Waals surface area (Å²) in [5.41, 5.74) is 5.17. The number of fused-ring (bicyclic) bond motifs is 1. The van der Waals surface area contributed by atoms with E-state index in [1.165, 1.54) is 4.70 Å². The first-order chi connectivity index (χ1) is 10.0. The topological polar surface area (TPSA) is 45.2 Å². The Morgan fingerprint density at radius 1 is 1.19 bits per heavy atom. The van der Waals surface area contributed by atoms with Gasteiger partial charge in [0.05, 0.1) is 16.3 Å². The number of aromatic hydroxyl groups is 1. The number of rotatable bonds is 3. The lowest BCUT2D eigenvalue weighted by atomic mass is 10.1. The highest BCUT2D eigenvalue weighted by atomic mass is 32.1. The number of nitrogens with zero attached hydrogens (tertiary/aromatic N) is 1. The molecule has 2 heterocycles. The zero-order chi connectivity index (χ0) is 15.0. The van der Waals surface area contributed by atoms with Crippen molar-refractivity contribution in [3.8, 4) is 5.75 Å². The Hall–Kier alpha value is -2.07. The Bertz CT molecular complexity index is 795. The van der Waals surface area contributed by atoms with Crippen LogP contribution in [0.15, 0.2) is 35.8 Å². The number of benzene rings is 1. The van der Waals surface area contributed by atoms with Gasteiger partial charge in [-0.1, -0.05) is 0 Å². The minimum absolute atomic E-state index is 0.159. The minimum Gasteiger partial charge on any atom is -0.508 e. The number of nitrogens with one attached hydrogen (secondary N) is 1. The molecule has 0 saturated carbocycles. The van der Waals surface area contributed by atoms with Crippen LogP contribution in [-0.4, -0.2) is 10.1 Å². The Morgan fingerprint density at radius 3 is 2.81 bits per heavy atom. The van der Waals surface area contributed by atoms with Crippen LogP contribution in [0.5, 0.6) is 5.75 Å². The third-order valence-corrected chi connectivity index (χ3v) is 4.59. The second-order valence-electron chi connectivity index (χ2n) is 5.39. The van der Waals surface area contributed by atoms with E-state index >= 15 is 0 Å². The summed E-state index contributed by atoms with van der Waals surface area (Å²) < 4.78 is 1.21. The van der Waals surface area contributed by atoms with Gasteiger partial charge in [-0.25, -0.2) is 0 Å². The number of phenolic OH excluding ortho intramolecular Hbond substituents is 1. The number of phenols is 1. The summed E-state index contributed by atoms with van der Waals surface area (Å²) in [6.45, 7) is 6.02. The summed E-state index contributed by atoms with van der Waals surface area (Å²) in [6.07, 6.45) is 1.93. The van der Waals surface area contributed by atoms with Gasteiger partial charge in [0, 0.05) is 11.9 Å². The van der Waals surface area contributed by atoms with Gasteiger partial charge in [0.15, 0.2) is 0 Å². The fraction of sp³-hybridized carbons (Fsp3) is 0.235. The van der Waals surface area contributed by atoms with E-state index in [1.807, 2.05) is 32.2 Å². The molecule has 1 aromatic carbocycles. The SMILES string of the molecule is Cc1cc(NC(C)c2cnc3ccsc3c2)c(C)cc1O. The lowest BCUT2D eigenvalue weighted by Gasteiger charge is -2.18. The van der Waals surface area contributed by atoms with Crippen LogP contribution in [0.25, 0.3) is 10.2 Å². The van der Waals surface area contributed by atoms with Crippen molar-refractivity contribution in [3.63, 3.8) is 0 Å². The summed E-state index contributed by atoms with van der Waals surface area (Å²) in [4.78, 5) is 4.49. The maximum atomic E-state index is 9.73. The maximum Gasteiger partial charge on any atom is 0.118 e. The van der Waals surface area contributed by atoms with Gasteiger partial charge in [0.1, 0.15) is 5.75 Å². The zero-order valence-electron chi connectivity index (χ0n) is 12.3.